The Bertz CT molecular complexity index is 1040. The maximum absolute atomic E-state index is 14.0. The molecule has 0 aliphatic heterocycles. The normalized spacial score (nSPS) is 16.3. The zero-order valence-electron chi connectivity index (χ0n) is 23.3. The number of hydrogen-bond acceptors (Lipinski definition) is 8. The van der Waals surface area contributed by atoms with Crippen LogP contribution < -0.4 is 0 Å². The predicted molar refractivity (Wildman–Crippen MR) is 118 cm³/mol. The summed E-state index contributed by atoms with van der Waals surface area (Å²) in [5.41, 5.74) is 0. The molecular formula is C21H20F20O7S. The summed E-state index contributed by atoms with van der Waals surface area (Å²) in [5, 5.41) is 0. The molecule has 7 nitrogen and oxygen atoms in total. The molecule has 0 amide bonds. The summed E-state index contributed by atoms with van der Waals surface area (Å²) in [7, 11) is 0. The molecule has 0 fully saturated rings. The molecule has 3 atom stereocenters. The fraction of sp³-hybridized carbons (Fsp3) is 0.857. The summed E-state index contributed by atoms with van der Waals surface area (Å²) in [6, 6.07) is 0. The minimum Gasteiger partial charge on any atom is -0.462 e. The zero-order chi connectivity index (χ0) is 38.9. The van der Waals surface area contributed by atoms with Crippen LogP contribution in [0.1, 0.15) is 6.42 Å². The summed E-state index contributed by atoms with van der Waals surface area (Å²) < 4.78 is 280. The predicted octanol–water partition coefficient (Wildman–Crippen LogP) is 7.65. The molecule has 0 aromatic carbocycles. The number of carbonyl (C=O) groups excluding carboxylic acids is 1. The molecule has 0 spiro atoms. The van der Waals surface area contributed by atoms with Crippen molar-refractivity contribution in [3.63, 3.8) is 0 Å². The smallest absolute Gasteiger partial charge is 0.462 e. The molecule has 0 aromatic rings. The number of ether oxygens (including phenoxy) is 6. The molecule has 0 saturated heterocycles. The van der Waals surface area contributed by atoms with E-state index in [1.807, 2.05) is 0 Å². The van der Waals surface area contributed by atoms with E-state index in [0.29, 0.717) is 0 Å². The van der Waals surface area contributed by atoms with Gasteiger partial charge in [0.25, 0.3) is 12.7 Å². The molecule has 49 heavy (non-hydrogen) atoms. The molecule has 0 aliphatic carbocycles. The molecule has 0 rings (SSSR count). The molecule has 292 valence electrons. The number of rotatable bonds is 23. The van der Waals surface area contributed by atoms with Gasteiger partial charge in [-0.2, -0.15) is 90.8 Å². The highest BCUT2D eigenvalue weighted by atomic mass is 32.2. The van der Waals surface area contributed by atoms with Crippen LogP contribution in [0.5, 0.6) is 0 Å². The number of carbonyl (C=O) groups is 1. The molecule has 0 heterocycles. The molecule has 28 heteroatoms. The summed E-state index contributed by atoms with van der Waals surface area (Å²) in [6.45, 7) is -1.79. The first kappa shape index (κ1) is 47.0. The highest BCUT2D eigenvalue weighted by Gasteiger charge is 2.77. The van der Waals surface area contributed by atoms with Gasteiger partial charge in [-0.15, -0.1) is 0 Å². The highest BCUT2D eigenvalue weighted by Crippen LogP contribution is 2.50. The van der Waals surface area contributed by atoms with E-state index in [4.69, 9.17) is 0 Å². The molecule has 0 bridgehead atoms. The van der Waals surface area contributed by atoms with Crippen LogP contribution in [0, 0.1) is 0 Å². The van der Waals surface area contributed by atoms with Crippen molar-refractivity contribution < 1.29 is 121 Å². The third kappa shape index (κ3) is 13.6. The zero-order valence-corrected chi connectivity index (χ0v) is 24.1. The van der Waals surface area contributed by atoms with Gasteiger partial charge in [0.1, 0.15) is 12.7 Å². The molecule has 0 aromatic heterocycles. The molecule has 0 N–H and O–H groups in total. The standard InChI is InChI=1S/C21H20F20O7S/c1-2-11(42)44-5-7-49-6-3-4-43-8-10(46-15(26,27)13(23)48-21(40,41)17(30,31)19(35,36)37)9-45-14(24,25)12(22)47-20(38,39)16(28,29)18(32,33)34/h2,10,12-13H,1,3-9H2. The van der Waals surface area contributed by atoms with E-state index in [1.54, 1.807) is 0 Å². The Morgan fingerprint density at radius 2 is 1.08 bits per heavy atom. The van der Waals surface area contributed by atoms with E-state index in [2.05, 4.69) is 35.0 Å². The lowest BCUT2D eigenvalue weighted by molar-refractivity contribution is -0.472. The minimum atomic E-state index is -7.33. The van der Waals surface area contributed by atoms with Gasteiger partial charge in [0, 0.05) is 18.4 Å². The van der Waals surface area contributed by atoms with Gasteiger partial charge in [-0.25, -0.2) is 13.6 Å². The SMILES string of the molecule is C=CC(=O)OCCSCCCOCC(COC(F)(F)C(F)OC(F)(F)C(F)(F)C(F)(F)F)OC(F)(F)C(F)OC(F)(F)C(F)(F)C(F)(F)F. The van der Waals surface area contributed by atoms with Crippen LogP contribution in [0.3, 0.4) is 0 Å². The van der Waals surface area contributed by atoms with Crippen molar-refractivity contribution in [2.45, 2.75) is 73.9 Å². The van der Waals surface area contributed by atoms with Crippen LogP contribution in [-0.2, 0) is 33.2 Å². The number of hydrogen-bond donors (Lipinski definition) is 0. The maximum Gasteiger partial charge on any atom is 0.462 e. The lowest BCUT2D eigenvalue weighted by Crippen LogP contribution is -2.56. The third-order valence-electron chi connectivity index (χ3n) is 4.78. The first-order chi connectivity index (χ1) is 21.8. The number of halogens is 20. The van der Waals surface area contributed by atoms with Gasteiger partial charge >= 0.3 is 54.6 Å². The second kappa shape index (κ2) is 17.5. The monoisotopic (exact) mass is 796 g/mol. The fourth-order valence-electron chi connectivity index (χ4n) is 2.38. The average Bonchev–Trinajstić information content (AvgIpc) is 2.92. The molecule has 0 saturated carbocycles. The fourth-order valence-corrected chi connectivity index (χ4v) is 3.10. The van der Waals surface area contributed by atoms with Crippen LogP contribution in [0.25, 0.3) is 0 Å². The number of alkyl halides is 20. The van der Waals surface area contributed by atoms with Crippen molar-refractivity contribution in [2.24, 2.45) is 0 Å². The lowest BCUT2D eigenvalue weighted by atomic mass is 10.3. The molecule has 0 aliphatic rings. The van der Waals surface area contributed by atoms with Crippen LogP contribution in [-0.4, -0.2) is 111 Å². The average molecular weight is 796 g/mol. The van der Waals surface area contributed by atoms with Crippen molar-refractivity contribution >= 4 is 17.7 Å². The van der Waals surface area contributed by atoms with E-state index in [9.17, 15) is 92.6 Å². The third-order valence-corrected chi connectivity index (χ3v) is 5.81. The van der Waals surface area contributed by atoms with Gasteiger partial charge in [-0.05, 0) is 12.2 Å². The number of esters is 1. The Hall–Kier alpha value is -2.04. The second-order valence-electron chi connectivity index (χ2n) is 8.63. The molecule has 0 radical (unpaired) electrons. The van der Waals surface area contributed by atoms with Crippen molar-refractivity contribution in [1.29, 1.82) is 0 Å². The highest BCUT2D eigenvalue weighted by molar-refractivity contribution is 7.99. The maximum atomic E-state index is 14.0. The van der Waals surface area contributed by atoms with E-state index >= 15 is 0 Å². The Kier molecular flexibility index (Phi) is 16.7. The van der Waals surface area contributed by atoms with Crippen LogP contribution in [0.15, 0.2) is 12.7 Å². The molecular weight excluding hydrogens is 776 g/mol. The van der Waals surface area contributed by atoms with Crippen LogP contribution in [0.4, 0.5) is 87.8 Å². The Balaban J connectivity index is 5.74. The van der Waals surface area contributed by atoms with Crippen molar-refractivity contribution in [3.05, 3.63) is 12.7 Å². The Morgan fingerprint density at radius 1 is 0.633 bits per heavy atom. The summed E-state index contributed by atoms with van der Waals surface area (Å²) in [5.74, 6) is -15.2. The van der Waals surface area contributed by atoms with Gasteiger partial charge in [0.05, 0.1) is 13.2 Å². The van der Waals surface area contributed by atoms with Gasteiger partial charge < -0.3 is 18.9 Å². The van der Waals surface area contributed by atoms with Crippen molar-refractivity contribution in [3.8, 4) is 0 Å². The summed E-state index contributed by atoms with van der Waals surface area (Å²) in [6.07, 6.45) is -53.9. The summed E-state index contributed by atoms with van der Waals surface area (Å²) >= 11 is 1.03. The number of thioether (sulfide) groups is 1. The van der Waals surface area contributed by atoms with Gasteiger partial charge in [0.2, 0.25) is 0 Å². The second-order valence-corrected chi connectivity index (χ2v) is 9.86. The van der Waals surface area contributed by atoms with Crippen LogP contribution in [0.2, 0.25) is 0 Å². The van der Waals surface area contributed by atoms with Crippen LogP contribution >= 0.6 is 11.8 Å². The Labute approximate surface area is 264 Å². The largest absolute Gasteiger partial charge is 0.462 e. The van der Waals surface area contributed by atoms with E-state index in [-0.39, 0.29) is 24.5 Å². The van der Waals surface area contributed by atoms with Crippen molar-refractivity contribution in [2.75, 3.05) is 37.9 Å². The Morgan fingerprint density at radius 3 is 1.51 bits per heavy atom. The van der Waals surface area contributed by atoms with E-state index in [0.717, 1.165) is 17.8 Å². The lowest BCUT2D eigenvalue weighted by Gasteiger charge is -2.32. The van der Waals surface area contributed by atoms with E-state index < -0.39 is 93.2 Å². The summed E-state index contributed by atoms with van der Waals surface area (Å²) in [4.78, 5) is 10.9. The first-order valence-corrected chi connectivity index (χ1v) is 13.2. The van der Waals surface area contributed by atoms with E-state index in [1.165, 1.54) is 0 Å². The minimum absolute atomic E-state index is 0.0719. The topological polar surface area (TPSA) is 72.5 Å². The van der Waals surface area contributed by atoms with Crippen molar-refractivity contribution in [1.82, 2.24) is 0 Å². The first-order valence-electron chi connectivity index (χ1n) is 12.1. The molecule has 3 unspecified atom stereocenters. The van der Waals surface area contributed by atoms with Gasteiger partial charge in [-0.3, -0.25) is 9.47 Å². The van der Waals surface area contributed by atoms with Gasteiger partial charge in [0.15, 0.2) is 0 Å². The quantitative estimate of drug-likeness (QED) is 0.0453. The van der Waals surface area contributed by atoms with Gasteiger partial charge in [-0.1, -0.05) is 6.58 Å².